The molecular formula is C20H26N4O3. The lowest BCUT2D eigenvalue weighted by atomic mass is 10.2. The van der Waals surface area contributed by atoms with Crippen LogP contribution in [0.1, 0.15) is 36.1 Å². The van der Waals surface area contributed by atoms with Crippen LogP contribution in [0.3, 0.4) is 0 Å². The average Bonchev–Trinajstić information content (AvgIpc) is 3.34. The Morgan fingerprint density at radius 3 is 3.04 bits per heavy atom. The van der Waals surface area contributed by atoms with Crippen molar-refractivity contribution in [1.82, 2.24) is 14.9 Å². The van der Waals surface area contributed by atoms with Crippen LogP contribution in [0.5, 0.6) is 5.75 Å². The van der Waals surface area contributed by atoms with Gasteiger partial charge in [-0.15, -0.1) is 0 Å². The minimum absolute atomic E-state index is 0.119. The van der Waals surface area contributed by atoms with Gasteiger partial charge >= 0.3 is 0 Å². The number of rotatable bonds is 8. The Hall–Kier alpha value is -2.38. The highest BCUT2D eigenvalue weighted by Crippen LogP contribution is 2.18. The third kappa shape index (κ3) is 4.67. The highest BCUT2D eigenvalue weighted by atomic mass is 16.5. The zero-order valence-electron chi connectivity index (χ0n) is 15.5. The average molecular weight is 370 g/mol. The van der Waals surface area contributed by atoms with Crippen LogP contribution in [0, 0.1) is 0 Å². The topological polar surface area (TPSA) is 79.5 Å². The molecule has 1 saturated heterocycles. The first-order valence-corrected chi connectivity index (χ1v) is 9.66. The number of likely N-dealkylation sites (tertiary alicyclic amines) is 1. The predicted octanol–water partition coefficient (Wildman–Crippen LogP) is 2.28. The van der Waals surface area contributed by atoms with Gasteiger partial charge in [-0.2, -0.15) is 0 Å². The molecule has 27 heavy (non-hydrogen) atoms. The number of hydrogen-bond acceptors (Lipinski definition) is 6. The Morgan fingerprint density at radius 1 is 1.26 bits per heavy atom. The van der Waals surface area contributed by atoms with Crippen molar-refractivity contribution < 1.29 is 9.47 Å². The molecule has 144 valence electrons. The minimum Gasteiger partial charge on any atom is -0.494 e. The van der Waals surface area contributed by atoms with Gasteiger partial charge in [0.1, 0.15) is 5.75 Å². The number of hydrogen-bond donors (Lipinski definition) is 2. The molecule has 1 aromatic carbocycles. The summed E-state index contributed by atoms with van der Waals surface area (Å²) in [5.74, 6) is 1.41. The summed E-state index contributed by atoms with van der Waals surface area (Å²) in [5.41, 5.74) is 2.55. The van der Waals surface area contributed by atoms with E-state index in [1.807, 2.05) is 6.07 Å². The molecule has 2 aliphatic rings. The van der Waals surface area contributed by atoms with Crippen molar-refractivity contribution in [3.05, 3.63) is 51.4 Å². The largest absolute Gasteiger partial charge is 0.494 e. The molecule has 2 aliphatic heterocycles. The van der Waals surface area contributed by atoms with E-state index in [0.717, 1.165) is 24.4 Å². The maximum atomic E-state index is 11.9. The van der Waals surface area contributed by atoms with E-state index in [9.17, 15) is 4.79 Å². The maximum absolute atomic E-state index is 11.9. The molecule has 1 fully saturated rings. The first-order chi connectivity index (χ1) is 13.3. The van der Waals surface area contributed by atoms with Crippen LogP contribution in [-0.4, -0.2) is 41.1 Å². The molecule has 0 unspecified atom stereocenters. The van der Waals surface area contributed by atoms with Gasteiger partial charge in [0.05, 0.1) is 31.1 Å². The summed E-state index contributed by atoms with van der Waals surface area (Å²) in [5, 5.41) is 3.15. The van der Waals surface area contributed by atoms with Crippen LogP contribution >= 0.6 is 0 Å². The van der Waals surface area contributed by atoms with Gasteiger partial charge in [-0.3, -0.25) is 14.7 Å². The van der Waals surface area contributed by atoms with Crippen LogP contribution in [0.4, 0.5) is 5.95 Å². The second kappa shape index (κ2) is 8.54. The van der Waals surface area contributed by atoms with Crippen molar-refractivity contribution in [2.24, 2.45) is 0 Å². The number of fused-ring (bicyclic) bond motifs is 1. The Balaban J connectivity index is 1.21. The van der Waals surface area contributed by atoms with Gasteiger partial charge in [0, 0.05) is 13.1 Å². The summed E-state index contributed by atoms with van der Waals surface area (Å²) in [6, 6.07) is 8.35. The third-order valence-corrected chi connectivity index (χ3v) is 4.97. The van der Waals surface area contributed by atoms with Crippen LogP contribution in [-0.2, 0) is 24.5 Å². The summed E-state index contributed by atoms with van der Waals surface area (Å²) < 4.78 is 11.1. The second-order valence-corrected chi connectivity index (χ2v) is 7.09. The van der Waals surface area contributed by atoms with Gasteiger partial charge in [-0.1, -0.05) is 12.1 Å². The quantitative estimate of drug-likeness (QED) is 0.694. The Morgan fingerprint density at radius 2 is 2.15 bits per heavy atom. The van der Waals surface area contributed by atoms with Crippen LogP contribution < -0.4 is 15.6 Å². The van der Waals surface area contributed by atoms with Crippen molar-refractivity contribution in [1.29, 1.82) is 0 Å². The molecule has 2 N–H and O–H groups in total. The number of anilines is 1. The smallest absolute Gasteiger partial charge is 0.258 e. The fourth-order valence-corrected chi connectivity index (χ4v) is 3.55. The standard InChI is InChI=1S/C20H26N4O3/c25-19-17-13-26-14-18(17)22-20(23-19)21-7-4-10-27-16-6-3-5-15(11-16)12-24-8-1-2-9-24/h3,5-6,11H,1-2,4,7-10,12-14H2,(H2,21,22,23,25). The molecule has 0 amide bonds. The lowest BCUT2D eigenvalue weighted by Gasteiger charge is -2.15. The Kier molecular flexibility index (Phi) is 5.69. The zero-order valence-corrected chi connectivity index (χ0v) is 15.5. The number of nitrogens with one attached hydrogen (secondary N) is 2. The number of ether oxygens (including phenoxy) is 2. The second-order valence-electron chi connectivity index (χ2n) is 7.09. The molecule has 7 heteroatoms. The van der Waals surface area contributed by atoms with Crippen molar-refractivity contribution >= 4 is 5.95 Å². The van der Waals surface area contributed by atoms with Crippen molar-refractivity contribution in [2.75, 3.05) is 31.6 Å². The maximum Gasteiger partial charge on any atom is 0.258 e. The van der Waals surface area contributed by atoms with E-state index in [-0.39, 0.29) is 5.56 Å². The van der Waals surface area contributed by atoms with E-state index in [0.29, 0.717) is 37.9 Å². The van der Waals surface area contributed by atoms with Gasteiger partial charge in [-0.25, -0.2) is 4.98 Å². The highest BCUT2D eigenvalue weighted by Gasteiger charge is 2.17. The molecule has 3 heterocycles. The van der Waals surface area contributed by atoms with E-state index in [1.165, 1.54) is 31.5 Å². The number of nitrogens with zero attached hydrogens (tertiary/aromatic N) is 2. The fraction of sp³-hybridized carbons (Fsp3) is 0.500. The minimum atomic E-state index is -0.119. The lowest BCUT2D eigenvalue weighted by Crippen LogP contribution is -2.19. The molecule has 0 atom stereocenters. The summed E-state index contributed by atoms with van der Waals surface area (Å²) in [6.07, 6.45) is 3.43. The molecular weight excluding hydrogens is 344 g/mol. The highest BCUT2D eigenvalue weighted by molar-refractivity contribution is 5.31. The van der Waals surface area contributed by atoms with E-state index < -0.39 is 0 Å². The first kappa shape index (κ1) is 18.0. The van der Waals surface area contributed by atoms with Crippen LogP contribution in [0.2, 0.25) is 0 Å². The Labute approximate surface area is 158 Å². The van der Waals surface area contributed by atoms with Gasteiger partial charge in [0.25, 0.3) is 5.56 Å². The zero-order chi connectivity index (χ0) is 18.5. The molecule has 0 radical (unpaired) electrons. The fourth-order valence-electron chi connectivity index (χ4n) is 3.55. The summed E-state index contributed by atoms with van der Waals surface area (Å²) in [7, 11) is 0. The lowest BCUT2D eigenvalue weighted by molar-refractivity contribution is 0.133. The van der Waals surface area contributed by atoms with Crippen LogP contribution in [0.15, 0.2) is 29.1 Å². The monoisotopic (exact) mass is 370 g/mol. The normalized spacial score (nSPS) is 16.4. The van der Waals surface area contributed by atoms with Crippen molar-refractivity contribution in [3.8, 4) is 5.75 Å². The van der Waals surface area contributed by atoms with Crippen LogP contribution in [0.25, 0.3) is 0 Å². The van der Waals surface area contributed by atoms with E-state index in [2.05, 4.69) is 38.4 Å². The van der Waals surface area contributed by atoms with Gasteiger partial charge < -0.3 is 14.8 Å². The number of H-pyrrole nitrogens is 1. The van der Waals surface area contributed by atoms with Gasteiger partial charge in [0.2, 0.25) is 5.95 Å². The van der Waals surface area contributed by atoms with Gasteiger partial charge in [-0.05, 0) is 50.0 Å². The molecule has 0 spiro atoms. The summed E-state index contributed by atoms with van der Waals surface area (Å²) in [6.45, 7) is 5.44. The van der Waals surface area contributed by atoms with Crippen molar-refractivity contribution in [3.63, 3.8) is 0 Å². The SMILES string of the molecule is O=c1[nH]c(NCCCOc2cccc(CN3CCCC3)c2)nc2c1COC2. The van der Waals surface area contributed by atoms with E-state index in [4.69, 9.17) is 9.47 Å². The van der Waals surface area contributed by atoms with Crippen molar-refractivity contribution in [2.45, 2.75) is 39.0 Å². The van der Waals surface area contributed by atoms with E-state index >= 15 is 0 Å². The number of aromatic nitrogens is 2. The predicted molar refractivity (Wildman–Crippen MR) is 103 cm³/mol. The molecule has 0 aliphatic carbocycles. The van der Waals surface area contributed by atoms with E-state index in [1.54, 1.807) is 0 Å². The Bertz CT molecular complexity index is 830. The number of aromatic amines is 1. The first-order valence-electron chi connectivity index (χ1n) is 9.66. The molecule has 7 nitrogen and oxygen atoms in total. The molecule has 0 bridgehead atoms. The third-order valence-electron chi connectivity index (χ3n) is 4.97. The number of benzene rings is 1. The summed E-state index contributed by atoms with van der Waals surface area (Å²) in [4.78, 5) is 21.6. The molecule has 2 aromatic rings. The molecule has 1 aromatic heterocycles. The van der Waals surface area contributed by atoms with Gasteiger partial charge in [0.15, 0.2) is 0 Å². The molecule has 4 rings (SSSR count). The molecule has 0 saturated carbocycles. The summed E-state index contributed by atoms with van der Waals surface area (Å²) >= 11 is 0.